The van der Waals surface area contributed by atoms with Gasteiger partial charge in [0.05, 0.1) is 13.2 Å². The van der Waals surface area contributed by atoms with Gasteiger partial charge in [0.25, 0.3) is 0 Å². The summed E-state index contributed by atoms with van der Waals surface area (Å²) in [5.74, 6) is 0.111. The largest absolute Gasteiger partial charge is 0.469 e. The molecule has 1 aliphatic rings. The number of hydrogen-bond acceptors (Lipinski definition) is 5. The normalized spacial score (nSPS) is 21.6. The van der Waals surface area contributed by atoms with Crippen molar-refractivity contribution in [3.05, 3.63) is 47.5 Å². The second-order valence-corrected chi connectivity index (χ2v) is 8.87. The third kappa shape index (κ3) is 8.42. The number of carbonyl (C=O) groups is 2. The molecule has 1 unspecified atom stereocenters. The van der Waals surface area contributed by atoms with Gasteiger partial charge in [-0.1, -0.05) is 56.2 Å². The Hall–Kier alpha value is -2.14. The SMILES string of the molecule is CCCCCC(OC(C)=O)c1ccc([C@@H]2[C@@H](CC=CCCCC(=O)OC)CC[C@@H]2O)cc1. The summed E-state index contributed by atoms with van der Waals surface area (Å²) < 4.78 is 10.2. The third-order valence-electron chi connectivity index (χ3n) is 6.41. The highest BCUT2D eigenvalue weighted by Gasteiger charge is 2.35. The quantitative estimate of drug-likeness (QED) is 0.229. The predicted molar refractivity (Wildman–Crippen MR) is 126 cm³/mol. The molecule has 5 nitrogen and oxygen atoms in total. The number of aliphatic hydroxyl groups is 1. The molecular formula is C27H40O5. The molecule has 1 saturated carbocycles. The number of rotatable bonds is 13. The molecule has 0 saturated heterocycles. The average Bonchev–Trinajstić information content (AvgIpc) is 3.15. The molecule has 1 aromatic carbocycles. The van der Waals surface area contributed by atoms with Crippen LogP contribution in [0, 0.1) is 5.92 Å². The van der Waals surface area contributed by atoms with Crippen LogP contribution in [-0.2, 0) is 19.1 Å². The Labute approximate surface area is 193 Å². The van der Waals surface area contributed by atoms with Crippen molar-refractivity contribution >= 4 is 11.9 Å². The molecular weight excluding hydrogens is 404 g/mol. The van der Waals surface area contributed by atoms with Crippen molar-refractivity contribution < 1.29 is 24.2 Å². The van der Waals surface area contributed by atoms with Crippen molar-refractivity contribution in [3.63, 3.8) is 0 Å². The van der Waals surface area contributed by atoms with Crippen molar-refractivity contribution in [2.24, 2.45) is 5.92 Å². The van der Waals surface area contributed by atoms with Gasteiger partial charge >= 0.3 is 11.9 Å². The Morgan fingerprint density at radius 1 is 1.12 bits per heavy atom. The first kappa shape index (κ1) is 26.1. The molecule has 0 aliphatic heterocycles. The van der Waals surface area contributed by atoms with Gasteiger partial charge in [0.2, 0.25) is 0 Å². The summed E-state index contributed by atoms with van der Waals surface area (Å²) in [4.78, 5) is 22.7. The number of aliphatic hydroxyl groups excluding tert-OH is 1. The van der Waals surface area contributed by atoms with Crippen LogP contribution < -0.4 is 0 Å². The summed E-state index contributed by atoms with van der Waals surface area (Å²) in [6.45, 7) is 3.63. The van der Waals surface area contributed by atoms with E-state index in [1.807, 2.05) is 0 Å². The zero-order chi connectivity index (χ0) is 23.3. The van der Waals surface area contributed by atoms with E-state index in [9.17, 15) is 14.7 Å². The molecule has 1 aromatic rings. The summed E-state index contributed by atoms with van der Waals surface area (Å²) in [5, 5.41) is 10.6. The highest BCUT2D eigenvalue weighted by atomic mass is 16.5. The van der Waals surface area contributed by atoms with Crippen LogP contribution in [0.25, 0.3) is 0 Å². The third-order valence-corrected chi connectivity index (χ3v) is 6.41. The van der Waals surface area contributed by atoms with E-state index in [0.717, 1.165) is 68.9 Å². The zero-order valence-corrected chi connectivity index (χ0v) is 19.9. The zero-order valence-electron chi connectivity index (χ0n) is 19.9. The molecule has 0 radical (unpaired) electrons. The van der Waals surface area contributed by atoms with Crippen LogP contribution >= 0.6 is 0 Å². The van der Waals surface area contributed by atoms with Gasteiger partial charge in [0, 0.05) is 19.3 Å². The maximum Gasteiger partial charge on any atom is 0.305 e. The van der Waals surface area contributed by atoms with E-state index in [0.29, 0.717) is 12.3 Å². The van der Waals surface area contributed by atoms with Gasteiger partial charge in [-0.3, -0.25) is 9.59 Å². The summed E-state index contributed by atoms with van der Waals surface area (Å²) >= 11 is 0. The molecule has 1 N–H and O–H groups in total. The molecule has 0 heterocycles. The minimum Gasteiger partial charge on any atom is -0.469 e. The molecule has 32 heavy (non-hydrogen) atoms. The van der Waals surface area contributed by atoms with E-state index >= 15 is 0 Å². The standard InChI is InChI=1S/C27H40O5/c1-4-5-8-12-25(32-20(2)28)21-14-16-23(17-15-21)27-22(18-19-24(27)29)11-9-6-7-10-13-26(30)31-3/h6,9,14-17,22,24-25,27,29H,4-5,7-8,10-13,18-19H2,1-3H3/t22-,24-,25?,27-/m0/s1. The van der Waals surface area contributed by atoms with Crippen LogP contribution in [0.2, 0.25) is 0 Å². The van der Waals surface area contributed by atoms with Gasteiger partial charge in [-0.25, -0.2) is 0 Å². The highest BCUT2D eigenvalue weighted by molar-refractivity contribution is 5.69. The molecule has 0 amide bonds. The number of methoxy groups -OCH3 is 1. The molecule has 2 rings (SSSR count). The number of benzene rings is 1. The van der Waals surface area contributed by atoms with Crippen LogP contribution in [0.15, 0.2) is 36.4 Å². The fourth-order valence-electron chi connectivity index (χ4n) is 4.68. The van der Waals surface area contributed by atoms with Crippen molar-refractivity contribution in [2.45, 2.75) is 96.2 Å². The fraction of sp³-hybridized carbons (Fsp3) is 0.630. The number of esters is 2. The fourth-order valence-corrected chi connectivity index (χ4v) is 4.68. The lowest BCUT2D eigenvalue weighted by Crippen LogP contribution is -2.17. The molecule has 0 spiro atoms. The van der Waals surface area contributed by atoms with E-state index in [1.54, 1.807) is 0 Å². The Kier molecular flexibility index (Phi) is 11.5. The number of allylic oxidation sites excluding steroid dienone is 2. The molecule has 1 aliphatic carbocycles. The number of carbonyl (C=O) groups excluding carboxylic acids is 2. The Bertz CT molecular complexity index is 724. The van der Waals surface area contributed by atoms with E-state index in [2.05, 4.69) is 48.1 Å². The van der Waals surface area contributed by atoms with Crippen LogP contribution in [0.5, 0.6) is 0 Å². The lowest BCUT2D eigenvalue weighted by atomic mass is 9.85. The van der Waals surface area contributed by atoms with Gasteiger partial charge in [-0.15, -0.1) is 0 Å². The average molecular weight is 445 g/mol. The monoisotopic (exact) mass is 444 g/mol. The number of unbranched alkanes of at least 4 members (excludes halogenated alkanes) is 3. The Balaban J connectivity index is 1.97. The molecule has 5 heteroatoms. The molecule has 4 atom stereocenters. The molecule has 0 bridgehead atoms. The Morgan fingerprint density at radius 3 is 2.53 bits per heavy atom. The van der Waals surface area contributed by atoms with Crippen LogP contribution in [0.1, 0.15) is 101 Å². The summed E-state index contributed by atoms with van der Waals surface area (Å²) in [6.07, 6.45) is 12.8. The van der Waals surface area contributed by atoms with Gasteiger partial charge in [-0.2, -0.15) is 0 Å². The van der Waals surface area contributed by atoms with Crippen LogP contribution in [-0.4, -0.2) is 30.3 Å². The van der Waals surface area contributed by atoms with E-state index in [1.165, 1.54) is 14.0 Å². The minimum absolute atomic E-state index is 0.121. The second kappa shape index (κ2) is 14.1. The first-order valence-corrected chi connectivity index (χ1v) is 12.1. The van der Waals surface area contributed by atoms with Gasteiger partial charge in [0.15, 0.2) is 0 Å². The maximum atomic E-state index is 11.6. The molecule has 178 valence electrons. The summed E-state index contributed by atoms with van der Waals surface area (Å²) in [5.41, 5.74) is 2.17. The van der Waals surface area contributed by atoms with Gasteiger partial charge < -0.3 is 14.6 Å². The van der Waals surface area contributed by atoms with Gasteiger partial charge in [-0.05, 0) is 62.0 Å². The number of ether oxygens (including phenoxy) is 2. The minimum atomic E-state index is -0.326. The number of hydrogen-bond donors (Lipinski definition) is 1. The summed E-state index contributed by atoms with van der Waals surface area (Å²) in [6, 6.07) is 8.30. The smallest absolute Gasteiger partial charge is 0.305 e. The van der Waals surface area contributed by atoms with Crippen LogP contribution in [0.3, 0.4) is 0 Å². The van der Waals surface area contributed by atoms with Crippen molar-refractivity contribution in [1.29, 1.82) is 0 Å². The first-order chi connectivity index (χ1) is 15.5. The second-order valence-electron chi connectivity index (χ2n) is 8.87. The lowest BCUT2D eigenvalue weighted by molar-refractivity contribution is -0.147. The van der Waals surface area contributed by atoms with Crippen molar-refractivity contribution in [3.8, 4) is 0 Å². The molecule has 1 fully saturated rings. The van der Waals surface area contributed by atoms with Crippen molar-refractivity contribution in [1.82, 2.24) is 0 Å². The summed E-state index contributed by atoms with van der Waals surface area (Å²) in [7, 11) is 1.42. The van der Waals surface area contributed by atoms with Crippen LogP contribution in [0.4, 0.5) is 0 Å². The predicted octanol–water partition coefficient (Wildman–Crippen LogP) is 6.02. The maximum absolute atomic E-state index is 11.6. The highest BCUT2D eigenvalue weighted by Crippen LogP contribution is 2.42. The van der Waals surface area contributed by atoms with Crippen molar-refractivity contribution in [2.75, 3.05) is 7.11 Å². The topological polar surface area (TPSA) is 72.8 Å². The Morgan fingerprint density at radius 2 is 1.88 bits per heavy atom. The lowest BCUT2D eigenvalue weighted by Gasteiger charge is -2.23. The first-order valence-electron chi connectivity index (χ1n) is 12.1. The van der Waals surface area contributed by atoms with E-state index < -0.39 is 0 Å². The molecule has 0 aromatic heterocycles. The van der Waals surface area contributed by atoms with E-state index in [4.69, 9.17) is 4.74 Å². The van der Waals surface area contributed by atoms with E-state index in [-0.39, 0.29) is 30.1 Å². The van der Waals surface area contributed by atoms with Gasteiger partial charge in [0.1, 0.15) is 6.10 Å².